The zero-order valence-electron chi connectivity index (χ0n) is 13.8. The van der Waals surface area contributed by atoms with Gasteiger partial charge in [-0.15, -0.1) is 0 Å². The Morgan fingerprint density at radius 3 is 2.87 bits per heavy atom. The molecule has 4 rings (SSSR count). The minimum atomic E-state index is 0.264. The van der Waals surface area contributed by atoms with Crippen LogP contribution >= 0.6 is 0 Å². The summed E-state index contributed by atoms with van der Waals surface area (Å²) in [6.45, 7) is 7.09. The third kappa shape index (κ3) is 2.93. The SMILES string of the molecule is Cc1cc2c(cc1CN1C[C@@H]3CCCN3C[C@@H]1CCO)OCO2. The van der Waals surface area contributed by atoms with Gasteiger partial charge in [0, 0.05) is 38.3 Å². The average Bonchev–Trinajstić information content (AvgIpc) is 3.16. The first-order valence-electron chi connectivity index (χ1n) is 8.72. The first-order valence-corrected chi connectivity index (χ1v) is 8.72. The molecule has 3 aliphatic heterocycles. The molecule has 0 saturated carbocycles. The fraction of sp³-hybridized carbons (Fsp3) is 0.667. The highest BCUT2D eigenvalue weighted by molar-refractivity contribution is 5.48. The van der Waals surface area contributed by atoms with Crippen molar-refractivity contribution in [3.05, 3.63) is 23.3 Å². The lowest BCUT2D eigenvalue weighted by Gasteiger charge is -2.44. The number of rotatable bonds is 4. The molecule has 5 nitrogen and oxygen atoms in total. The zero-order valence-corrected chi connectivity index (χ0v) is 13.8. The Morgan fingerprint density at radius 1 is 1.22 bits per heavy atom. The highest BCUT2D eigenvalue weighted by atomic mass is 16.7. The molecule has 1 aromatic carbocycles. The van der Waals surface area contributed by atoms with Crippen LogP contribution in [-0.4, -0.2) is 60.0 Å². The number of hydrogen-bond donors (Lipinski definition) is 1. The van der Waals surface area contributed by atoms with E-state index in [4.69, 9.17) is 9.47 Å². The van der Waals surface area contributed by atoms with E-state index >= 15 is 0 Å². The summed E-state index contributed by atoms with van der Waals surface area (Å²) >= 11 is 0. The lowest BCUT2D eigenvalue weighted by Crippen LogP contribution is -2.55. The van der Waals surface area contributed by atoms with Crippen molar-refractivity contribution in [3.8, 4) is 11.5 Å². The van der Waals surface area contributed by atoms with Crippen molar-refractivity contribution in [2.45, 2.75) is 44.8 Å². The van der Waals surface area contributed by atoms with Crippen LogP contribution in [0, 0.1) is 6.92 Å². The second kappa shape index (κ2) is 6.30. The van der Waals surface area contributed by atoms with Gasteiger partial charge < -0.3 is 14.6 Å². The van der Waals surface area contributed by atoms with E-state index in [0.717, 1.165) is 37.6 Å². The molecule has 3 aliphatic rings. The molecular formula is C18H26N2O3. The lowest BCUT2D eigenvalue weighted by atomic mass is 10.0. The summed E-state index contributed by atoms with van der Waals surface area (Å²) in [7, 11) is 0. The van der Waals surface area contributed by atoms with Crippen molar-refractivity contribution >= 4 is 0 Å². The molecule has 1 N–H and O–H groups in total. The largest absolute Gasteiger partial charge is 0.454 e. The second-order valence-electron chi connectivity index (χ2n) is 7.02. The summed E-state index contributed by atoms with van der Waals surface area (Å²) in [6, 6.07) is 5.36. The van der Waals surface area contributed by atoms with E-state index in [1.165, 1.54) is 30.5 Å². The Morgan fingerprint density at radius 2 is 2.04 bits per heavy atom. The standard InChI is InChI=1S/C18H26N2O3/c1-13-7-17-18(23-12-22-17)8-14(13)9-20-11-15-3-2-5-19(15)10-16(20)4-6-21/h7-8,15-16,21H,2-6,9-12H2,1H3/t15-,16-/m0/s1. The molecule has 23 heavy (non-hydrogen) atoms. The highest BCUT2D eigenvalue weighted by Gasteiger charge is 2.36. The molecule has 3 heterocycles. The molecule has 126 valence electrons. The summed E-state index contributed by atoms with van der Waals surface area (Å²) in [5, 5.41) is 9.44. The molecule has 0 amide bonds. The summed E-state index contributed by atoms with van der Waals surface area (Å²) in [5.41, 5.74) is 2.56. The fourth-order valence-corrected chi connectivity index (χ4v) is 4.24. The number of aryl methyl sites for hydroxylation is 1. The highest BCUT2D eigenvalue weighted by Crippen LogP contribution is 2.36. The quantitative estimate of drug-likeness (QED) is 0.916. The fourth-order valence-electron chi connectivity index (χ4n) is 4.24. The van der Waals surface area contributed by atoms with Crippen LogP contribution in [0.15, 0.2) is 12.1 Å². The Labute approximate surface area is 137 Å². The van der Waals surface area contributed by atoms with Crippen LogP contribution in [0.2, 0.25) is 0 Å². The maximum Gasteiger partial charge on any atom is 0.231 e. The molecule has 0 unspecified atom stereocenters. The summed E-state index contributed by atoms with van der Waals surface area (Å²) in [6.07, 6.45) is 3.47. The molecule has 1 aromatic rings. The number of fused-ring (bicyclic) bond motifs is 2. The van der Waals surface area contributed by atoms with Crippen molar-refractivity contribution in [2.24, 2.45) is 0 Å². The maximum atomic E-state index is 9.44. The molecular weight excluding hydrogens is 292 g/mol. The van der Waals surface area contributed by atoms with E-state index in [-0.39, 0.29) is 6.61 Å². The van der Waals surface area contributed by atoms with Gasteiger partial charge in [-0.05, 0) is 56.0 Å². The first kappa shape index (κ1) is 15.2. The smallest absolute Gasteiger partial charge is 0.231 e. The van der Waals surface area contributed by atoms with E-state index in [1.807, 2.05) is 0 Å². The predicted molar refractivity (Wildman–Crippen MR) is 87.8 cm³/mol. The van der Waals surface area contributed by atoms with Gasteiger partial charge in [-0.3, -0.25) is 9.80 Å². The van der Waals surface area contributed by atoms with E-state index in [9.17, 15) is 5.11 Å². The van der Waals surface area contributed by atoms with E-state index in [2.05, 4.69) is 28.9 Å². The number of hydrogen-bond acceptors (Lipinski definition) is 5. The molecule has 2 atom stereocenters. The third-order valence-electron chi connectivity index (χ3n) is 5.57. The molecule has 0 radical (unpaired) electrons. The van der Waals surface area contributed by atoms with Gasteiger partial charge in [0.05, 0.1) is 0 Å². The minimum absolute atomic E-state index is 0.264. The lowest BCUT2D eigenvalue weighted by molar-refractivity contribution is 0.0332. The maximum absolute atomic E-state index is 9.44. The summed E-state index contributed by atoms with van der Waals surface area (Å²) < 4.78 is 11.0. The topological polar surface area (TPSA) is 45.2 Å². The number of piperazine rings is 1. The van der Waals surface area contributed by atoms with E-state index in [1.54, 1.807) is 0 Å². The zero-order chi connectivity index (χ0) is 15.8. The molecule has 0 spiro atoms. The van der Waals surface area contributed by atoms with Gasteiger partial charge in [-0.2, -0.15) is 0 Å². The van der Waals surface area contributed by atoms with Crippen LogP contribution in [0.4, 0.5) is 0 Å². The second-order valence-corrected chi connectivity index (χ2v) is 7.02. The summed E-state index contributed by atoms with van der Waals surface area (Å²) in [4.78, 5) is 5.18. The van der Waals surface area contributed by atoms with Gasteiger partial charge in [0.1, 0.15) is 0 Å². The molecule has 5 heteroatoms. The normalized spacial score (nSPS) is 27.4. The number of nitrogens with zero attached hydrogens (tertiary/aromatic N) is 2. The van der Waals surface area contributed by atoms with Crippen LogP contribution in [-0.2, 0) is 6.54 Å². The van der Waals surface area contributed by atoms with Crippen molar-refractivity contribution < 1.29 is 14.6 Å². The molecule has 0 aliphatic carbocycles. The van der Waals surface area contributed by atoms with Crippen LogP contribution in [0.3, 0.4) is 0 Å². The Balaban J connectivity index is 1.54. The van der Waals surface area contributed by atoms with Gasteiger partial charge in [0.2, 0.25) is 6.79 Å². The number of ether oxygens (including phenoxy) is 2. The predicted octanol–water partition coefficient (Wildman–Crippen LogP) is 1.75. The van der Waals surface area contributed by atoms with Crippen molar-refractivity contribution in [1.82, 2.24) is 9.80 Å². The number of benzene rings is 1. The Bertz CT molecular complexity index is 578. The number of aliphatic hydroxyl groups is 1. The minimum Gasteiger partial charge on any atom is -0.454 e. The van der Waals surface area contributed by atoms with Crippen LogP contribution in [0.5, 0.6) is 11.5 Å². The van der Waals surface area contributed by atoms with Gasteiger partial charge in [0.25, 0.3) is 0 Å². The van der Waals surface area contributed by atoms with Gasteiger partial charge in [0.15, 0.2) is 11.5 Å². The van der Waals surface area contributed by atoms with Crippen molar-refractivity contribution in [3.63, 3.8) is 0 Å². The van der Waals surface area contributed by atoms with Crippen LogP contribution in [0.1, 0.15) is 30.4 Å². The van der Waals surface area contributed by atoms with E-state index in [0.29, 0.717) is 18.9 Å². The monoisotopic (exact) mass is 318 g/mol. The Kier molecular flexibility index (Phi) is 4.18. The average molecular weight is 318 g/mol. The summed E-state index contributed by atoms with van der Waals surface area (Å²) in [5.74, 6) is 1.72. The van der Waals surface area contributed by atoms with Gasteiger partial charge in [-0.25, -0.2) is 0 Å². The number of aliphatic hydroxyl groups excluding tert-OH is 1. The molecule has 2 saturated heterocycles. The van der Waals surface area contributed by atoms with Crippen molar-refractivity contribution in [2.75, 3.05) is 33.0 Å². The van der Waals surface area contributed by atoms with Gasteiger partial charge in [-0.1, -0.05) is 0 Å². The molecule has 2 fully saturated rings. The third-order valence-corrected chi connectivity index (χ3v) is 5.57. The Hall–Kier alpha value is -1.30. The molecule has 0 aromatic heterocycles. The van der Waals surface area contributed by atoms with Gasteiger partial charge >= 0.3 is 0 Å². The molecule has 0 bridgehead atoms. The van der Waals surface area contributed by atoms with Crippen LogP contribution in [0.25, 0.3) is 0 Å². The van der Waals surface area contributed by atoms with E-state index < -0.39 is 0 Å². The first-order chi connectivity index (χ1) is 11.2. The van der Waals surface area contributed by atoms with Crippen molar-refractivity contribution in [1.29, 1.82) is 0 Å². The van der Waals surface area contributed by atoms with Crippen LogP contribution < -0.4 is 9.47 Å².